The quantitative estimate of drug-likeness (QED) is 0.806. The van der Waals surface area contributed by atoms with Gasteiger partial charge in [0.25, 0.3) is 0 Å². The standard InChI is InChI=1S/C16H20N2O/c1-12(17)5-6-13-3-2-4-16(11-13)19-15-9-7-14(18)8-10-15/h2-4,7-12H,5-6,17-18H2,1H3. The summed E-state index contributed by atoms with van der Waals surface area (Å²) in [4.78, 5) is 0. The maximum Gasteiger partial charge on any atom is 0.127 e. The lowest BCUT2D eigenvalue weighted by atomic mass is 10.1. The van der Waals surface area contributed by atoms with E-state index in [-0.39, 0.29) is 6.04 Å². The van der Waals surface area contributed by atoms with Gasteiger partial charge in [-0.05, 0) is 61.7 Å². The van der Waals surface area contributed by atoms with Crippen LogP contribution in [0.1, 0.15) is 18.9 Å². The van der Waals surface area contributed by atoms with Crippen molar-refractivity contribution in [2.45, 2.75) is 25.8 Å². The molecular weight excluding hydrogens is 236 g/mol. The Morgan fingerprint density at radius 1 is 1.05 bits per heavy atom. The van der Waals surface area contributed by atoms with Crippen LogP contribution in [0.2, 0.25) is 0 Å². The summed E-state index contributed by atoms with van der Waals surface area (Å²) in [6.07, 6.45) is 1.95. The first-order valence-electron chi connectivity index (χ1n) is 6.51. The topological polar surface area (TPSA) is 61.3 Å². The molecule has 19 heavy (non-hydrogen) atoms. The number of nitrogen functional groups attached to an aromatic ring is 1. The van der Waals surface area contributed by atoms with E-state index >= 15 is 0 Å². The molecule has 2 aromatic rings. The fourth-order valence-corrected chi connectivity index (χ4v) is 1.83. The van der Waals surface area contributed by atoms with Gasteiger partial charge in [0.15, 0.2) is 0 Å². The summed E-state index contributed by atoms with van der Waals surface area (Å²) >= 11 is 0. The van der Waals surface area contributed by atoms with E-state index in [4.69, 9.17) is 16.2 Å². The number of hydrogen-bond acceptors (Lipinski definition) is 3. The largest absolute Gasteiger partial charge is 0.457 e. The highest BCUT2D eigenvalue weighted by molar-refractivity contribution is 5.43. The Bertz CT molecular complexity index is 521. The van der Waals surface area contributed by atoms with Crippen molar-refractivity contribution in [1.29, 1.82) is 0 Å². The second kappa shape index (κ2) is 6.25. The summed E-state index contributed by atoms with van der Waals surface area (Å²) in [5.74, 6) is 1.63. The van der Waals surface area contributed by atoms with Gasteiger partial charge in [0.05, 0.1) is 0 Å². The zero-order valence-electron chi connectivity index (χ0n) is 11.2. The van der Waals surface area contributed by atoms with Crippen LogP contribution in [0.3, 0.4) is 0 Å². The Balaban J connectivity index is 2.04. The number of rotatable bonds is 5. The van der Waals surface area contributed by atoms with E-state index < -0.39 is 0 Å². The number of hydrogen-bond donors (Lipinski definition) is 2. The highest BCUT2D eigenvalue weighted by atomic mass is 16.5. The molecule has 0 aromatic heterocycles. The summed E-state index contributed by atoms with van der Waals surface area (Å²) in [6, 6.07) is 15.7. The van der Waals surface area contributed by atoms with Crippen LogP contribution in [0.5, 0.6) is 11.5 Å². The lowest BCUT2D eigenvalue weighted by Crippen LogP contribution is -2.15. The van der Waals surface area contributed by atoms with Crippen molar-refractivity contribution >= 4 is 5.69 Å². The molecule has 0 saturated heterocycles. The van der Waals surface area contributed by atoms with Crippen LogP contribution >= 0.6 is 0 Å². The van der Waals surface area contributed by atoms with E-state index in [1.54, 1.807) is 0 Å². The number of ether oxygens (including phenoxy) is 1. The van der Waals surface area contributed by atoms with Crippen LogP contribution in [-0.2, 0) is 6.42 Å². The maximum absolute atomic E-state index is 5.79. The number of aryl methyl sites for hydroxylation is 1. The van der Waals surface area contributed by atoms with Crippen molar-refractivity contribution in [3.63, 3.8) is 0 Å². The molecule has 3 heteroatoms. The summed E-state index contributed by atoms with van der Waals surface area (Å²) < 4.78 is 5.79. The molecule has 0 saturated carbocycles. The van der Waals surface area contributed by atoms with Gasteiger partial charge in [-0.15, -0.1) is 0 Å². The molecule has 0 bridgehead atoms. The van der Waals surface area contributed by atoms with Gasteiger partial charge in [-0.1, -0.05) is 12.1 Å². The third kappa shape index (κ3) is 4.30. The van der Waals surface area contributed by atoms with Crippen LogP contribution in [0.4, 0.5) is 5.69 Å². The SMILES string of the molecule is CC(N)CCc1cccc(Oc2ccc(N)cc2)c1. The molecule has 0 spiro atoms. The maximum atomic E-state index is 5.79. The lowest BCUT2D eigenvalue weighted by molar-refractivity contribution is 0.482. The summed E-state index contributed by atoms with van der Waals surface area (Å²) in [5.41, 5.74) is 13.4. The summed E-state index contributed by atoms with van der Waals surface area (Å²) in [7, 11) is 0. The average molecular weight is 256 g/mol. The monoisotopic (exact) mass is 256 g/mol. The molecule has 0 heterocycles. The van der Waals surface area contributed by atoms with E-state index in [9.17, 15) is 0 Å². The predicted octanol–water partition coefficient (Wildman–Crippen LogP) is 3.34. The van der Waals surface area contributed by atoms with Gasteiger partial charge in [-0.25, -0.2) is 0 Å². The van der Waals surface area contributed by atoms with E-state index in [2.05, 4.69) is 12.1 Å². The predicted molar refractivity (Wildman–Crippen MR) is 79.3 cm³/mol. The fraction of sp³-hybridized carbons (Fsp3) is 0.250. The first kappa shape index (κ1) is 13.4. The molecule has 3 nitrogen and oxygen atoms in total. The molecule has 0 aliphatic carbocycles. The van der Waals surface area contributed by atoms with Gasteiger partial charge in [-0.3, -0.25) is 0 Å². The van der Waals surface area contributed by atoms with Crippen LogP contribution in [0, 0.1) is 0 Å². The molecule has 1 unspecified atom stereocenters. The van der Waals surface area contributed by atoms with Crippen molar-refractivity contribution in [2.75, 3.05) is 5.73 Å². The molecule has 2 aromatic carbocycles. The van der Waals surface area contributed by atoms with Crippen molar-refractivity contribution in [1.82, 2.24) is 0 Å². The highest BCUT2D eigenvalue weighted by Crippen LogP contribution is 2.23. The Kier molecular flexibility index (Phi) is 4.42. The molecule has 4 N–H and O–H groups in total. The van der Waals surface area contributed by atoms with Gasteiger partial charge >= 0.3 is 0 Å². The Labute approximate surface area is 114 Å². The third-order valence-corrected chi connectivity index (χ3v) is 2.90. The second-order valence-electron chi connectivity index (χ2n) is 4.83. The van der Waals surface area contributed by atoms with Gasteiger partial charge in [0.1, 0.15) is 11.5 Å². The zero-order chi connectivity index (χ0) is 13.7. The van der Waals surface area contributed by atoms with E-state index in [1.807, 2.05) is 43.3 Å². The highest BCUT2D eigenvalue weighted by Gasteiger charge is 2.01. The minimum absolute atomic E-state index is 0.224. The molecule has 0 fully saturated rings. The van der Waals surface area contributed by atoms with Crippen molar-refractivity contribution in [2.24, 2.45) is 5.73 Å². The van der Waals surface area contributed by atoms with Crippen molar-refractivity contribution < 1.29 is 4.74 Å². The van der Waals surface area contributed by atoms with Crippen LogP contribution in [0.25, 0.3) is 0 Å². The molecule has 0 aliphatic rings. The lowest BCUT2D eigenvalue weighted by Gasteiger charge is -2.09. The smallest absolute Gasteiger partial charge is 0.127 e. The molecule has 0 radical (unpaired) electrons. The van der Waals surface area contributed by atoms with Crippen LogP contribution in [0.15, 0.2) is 48.5 Å². The minimum atomic E-state index is 0.224. The van der Waals surface area contributed by atoms with E-state index in [0.717, 1.165) is 30.0 Å². The second-order valence-corrected chi connectivity index (χ2v) is 4.83. The Morgan fingerprint density at radius 3 is 2.47 bits per heavy atom. The average Bonchev–Trinajstić information content (AvgIpc) is 2.40. The fourth-order valence-electron chi connectivity index (χ4n) is 1.83. The first-order chi connectivity index (χ1) is 9.13. The van der Waals surface area contributed by atoms with E-state index in [0.29, 0.717) is 0 Å². The molecule has 0 aliphatic heterocycles. The number of nitrogens with two attached hydrogens (primary N) is 2. The molecular formula is C16H20N2O. The molecule has 1 atom stereocenters. The molecule has 2 rings (SSSR count). The molecule has 0 amide bonds. The van der Waals surface area contributed by atoms with Crippen LogP contribution < -0.4 is 16.2 Å². The number of benzene rings is 2. The van der Waals surface area contributed by atoms with Gasteiger partial charge in [-0.2, -0.15) is 0 Å². The third-order valence-electron chi connectivity index (χ3n) is 2.90. The van der Waals surface area contributed by atoms with Crippen LogP contribution in [-0.4, -0.2) is 6.04 Å². The van der Waals surface area contributed by atoms with Gasteiger partial charge < -0.3 is 16.2 Å². The normalized spacial score (nSPS) is 12.1. The van der Waals surface area contributed by atoms with Crippen molar-refractivity contribution in [3.05, 3.63) is 54.1 Å². The molecule has 100 valence electrons. The van der Waals surface area contributed by atoms with E-state index in [1.165, 1.54) is 5.56 Å². The van der Waals surface area contributed by atoms with Gasteiger partial charge in [0, 0.05) is 11.7 Å². The Morgan fingerprint density at radius 2 is 1.79 bits per heavy atom. The summed E-state index contributed by atoms with van der Waals surface area (Å²) in [5, 5.41) is 0. The minimum Gasteiger partial charge on any atom is -0.457 e. The first-order valence-corrected chi connectivity index (χ1v) is 6.51. The van der Waals surface area contributed by atoms with Crippen molar-refractivity contribution in [3.8, 4) is 11.5 Å². The zero-order valence-corrected chi connectivity index (χ0v) is 11.2. The summed E-state index contributed by atoms with van der Waals surface area (Å²) in [6.45, 7) is 2.02. The Hall–Kier alpha value is -2.00. The van der Waals surface area contributed by atoms with Gasteiger partial charge in [0.2, 0.25) is 0 Å². The number of anilines is 1.